The van der Waals surface area contributed by atoms with Crippen LogP contribution in [0.4, 0.5) is 0 Å². The van der Waals surface area contributed by atoms with E-state index in [2.05, 4.69) is 18.2 Å². The second kappa shape index (κ2) is 5.09. The van der Waals surface area contributed by atoms with E-state index >= 15 is 0 Å². The summed E-state index contributed by atoms with van der Waals surface area (Å²) in [5.74, 6) is 0.241. The van der Waals surface area contributed by atoms with Gasteiger partial charge in [0.25, 0.3) is 0 Å². The molecule has 102 valence electrons. The zero-order valence-corrected chi connectivity index (χ0v) is 11.7. The van der Waals surface area contributed by atoms with Gasteiger partial charge in [-0.15, -0.1) is 0 Å². The summed E-state index contributed by atoms with van der Waals surface area (Å²) in [4.78, 5) is 12.5. The Morgan fingerprint density at radius 1 is 1.21 bits per heavy atom. The highest BCUT2D eigenvalue weighted by Crippen LogP contribution is 2.28. The van der Waals surface area contributed by atoms with Crippen LogP contribution in [-0.2, 0) is 28.8 Å². The molecule has 1 fully saturated rings. The third kappa shape index (κ3) is 2.59. The molecule has 0 spiro atoms. The smallest absolute Gasteiger partial charge is 0.168 e. The quantitative estimate of drug-likeness (QED) is 0.832. The van der Waals surface area contributed by atoms with E-state index in [1.807, 2.05) is 6.92 Å². The minimum absolute atomic E-state index is 0.241. The van der Waals surface area contributed by atoms with Crippen LogP contribution in [0.15, 0.2) is 18.2 Å². The van der Waals surface area contributed by atoms with Crippen LogP contribution in [0.2, 0.25) is 0 Å². The summed E-state index contributed by atoms with van der Waals surface area (Å²) in [6.07, 6.45) is 7.21. The summed E-state index contributed by atoms with van der Waals surface area (Å²) in [5, 5.41) is 0. The molecule has 0 amide bonds. The lowest BCUT2D eigenvalue weighted by atomic mass is 9.88. The van der Waals surface area contributed by atoms with Crippen LogP contribution >= 0.6 is 0 Å². The predicted octanol–water partition coefficient (Wildman–Crippen LogP) is 3.25. The third-order valence-electron chi connectivity index (χ3n) is 4.59. The van der Waals surface area contributed by atoms with Gasteiger partial charge in [0.1, 0.15) is 5.60 Å². The first kappa shape index (κ1) is 12.9. The lowest BCUT2D eigenvalue weighted by Crippen LogP contribution is -2.42. The Morgan fingerprint density at radius 2 is 2.05 bits per heavy atom. The van der Waals surface area contributed by atoms with Gasteiger partial charge in [-0.1, -0.05) is 18.2 Å². The molecule has 1 unspecified atom stereocenters. The molecule has 1 atom stereocenters. The second-order valence-corrected chi connectivity index (χ2v) is 6.09. The first-order valence-corrected chi connectivity index (χ1v) is 7.45. The van der Waals surface area contributed by atoms with Gasteiger partial charge in [-0.05, 0) is 62.1 Å². The fraction of sp³-hybridized carbons (Fsp3) is 0.588. The van der Waals surface area contributed by atoms with Gasteiger partial charge in [-0.25, -0.2) is 0 Å². The average Bonchev–Trinajstić information content (AvgIpc) is 2.87. The van der Waals surface area contributed by atoms with Crippen LogP contribution < -0.4 is 0 Å². The maximum absolute atomic E-state index is 12.5. The number of rotatable bonds is 3. The topological polar surface area (TPSA) is 26.3 Å². The maximum atomic E-state index is 12.5. The summed E-state index contributed by atoms with van der Waals surface area (Å²) >= 11 is 0. The van der Waals surface area contributed by atoms with E-state index in [-0.39, 0.29) is 5.78 Å². The van der Waals surface area contributed by atoms with Crippen molar-refractivity contribution in [2.24, 2.45) is 0 Å². The number of hydrogen-bond acceptors (Lipinski definition) is 2. The molecule has 1 heterocycles. The first-order valence-electron chi connectivity index (χ1n) is 7.45. The number of aryl methyl sites for hydroxylation is 2. The minimum atomic E-state index is -0.544. The summed E-state index contributed by atoms with van der Waals surface area (Å²) in [6.45, 7) is 2.69. The molecule has 1 saturated heterocycles. The molecule has 1 aromatic rings. The van der Waals surface area contributed by atoms with E-state index in [4.69, 9.17) is 4.74 Å². The van der Waals surface area contributed by atoms with Crippen LogP contribution in [0, 0.1) is 0 Å². The Bertz CT molecular complexity index is 484. The SMILES string of the molecule is CC1(C(=O)Cc2ccc3c(c2)CCC3)CCCCO1. The number of carbonyl (C=O) groups excluding carboxylic acids is 1. The summed E-state index contributed by atoms with van der Waals surface area (Å²) < 4.78 is 5.74. The monoisotopic (exact) mass is 258 g/mol. The highest BCUT2D eigenvalue weighted by Gasteiger charge is 2.35. The van der Waals surface area contributed by atoms with Crippen molar-refractivity contribution >= 4 is 5.78 Å². The van der Waals surface area contributed by atoms with Gasteiger partial charge >= 0.3 is 0 Å². The van der Waals surface area contributed by atoms with Crippen molar-refractivity contribution in [1.29, 1.82) is 0 Å². The van der Waals surface area contributed by atoms with Crippen molar-refractivity contribution in [3.63, 3.8) is 0 Å². The molecule has 0 radical (unpaired) electrons. The van der Waals surface area contributed by atoms with E-state index in [1.165, 1.54) is 30.4 Å². The van der Waals surface area contributed by atoms with Crippen molar-refractivity contribution in [2.75, 3.05) is 6.61 Å². The van der Waals surface area contributed by atoms with Crippen molar-refractivity contribution < 1.29 is 9.53 Å². The molecule has 1 aromatic carbocycles. The van der Waals surface area contributed by atoms with Crippen molar-refractivity contribution in [2.45, 2.75) is 57.5 Å². The Balaban J connectivity index is 1.72. The minimum Gasteiger partial charge on any atom is -0.367 e. The fourth-order valence-corrected chi connectivity index (χ4v) is 3.26. The lowest BCUT2D eigenvalue weighted by molar-refractivity contribution is -0.147. The molecule has 2 aliphatic rings. The van der Waals surface area contributed by atoms with Gasteiger partial charge < -0.3 is 4.74 Å². The molecule has 2 nitrogen and oxygen atoms in total. The van der Waals surface area contributed by atoms with Crippen LogP contribution in [-0.4, -0.2) is 18.0 Å². The van der Waals surface area contributed by atoms with Crippen LogP contribution in [0.3, 0.4) is 0 Å². The molecule has 19 heavy (non-hydrogen) atoms. The Kier molecular flexibility index (Phi) is 3.44. The summed E-state index contributed by atoms with van der Waals surface area (Å²) in [7, 11) is 0. The van der Waals surface area contributed by atoms with E-state index < -0.39 is 5.60 Å². The average molecular weight is 258 g/mol. The normalized spacial score (nSPS) is 26.2. The van der Waals surface area contributed by atoms with Crippen LogP contribution in [0.5, 0.6) is 0 Å². The Morgan fingerprint density at radius 3 is 2.84 bits per heavy atom. The summed E-state index contributed by atoms with van der Waals surface area (Å²) in [6, 6.07) is 6.55. The van der Waals surface area contributed by atoms with E-state index in [0.29, 0.717) is 6.42 Å². The van der Waals surface area contributed by atoms with Gasteiger partial charge in [-0.3, -0.25) is 4.79 Å². The molecule has 1 aliphatic carbocycles. The largest absolute Gasteiger partial charge is 0.367 e. The van der Waals surface area contributed by atoms with Crippen molar-refractivity contribution in [1.82, 2.24) is 0 Å². The molecule has 1 aliphatic heterocycles. The Hall–Kier alpha value is -1.15. The van der Waals surface area contributed by atoms with E-state index in [9.17, 15) is 4.79 Å². The van der Waals surface area contributed by atoms with Crippen molar-refractivity contribution in [3.05, 3.63) is 34.9 Å². The molecule has 0 aromatic heterocycles. The zero-order valence-electron chi connectivity index (χ0n) is 11.7. The molecule has 0 bridgehead atoms. The van der Waals surface area contributed by atoms with Gasteiger partial charge in [0, 0.05) is 13.0 Å². The number of hydrogen-bond donors (Lipinski definition) is 0. The number of ether oxygens (including phenoxy) is 1. The maximum Gasteiger partial charge on any atom is 0.168 e. The molecule has 3 rings (SSSR count). The van der Waals surface area contributed by atoms with Crippen molar-refractivity contribution in [3.8, 4) is 0 Å². The van der Waals surface area contributed by atoms with Gasteiger partial charge in [0.2, 0.25) is 0 Å². The van der Waals surface area contributed by atoms with Crippen LogP contribution in [0.25, 0.3) is 0 Å². The standard InChI is InChI=1S/C17H22O2/c1-17(9-2-3-10-19-17)16(18)12-13-7-8-14-5-4-6-15(14)11-13/h7-8,11H,2-6,9-10,12H2,1H3. The molecule has 2 heteroatoms. The van der Waals surface area contributed by atoms with Gasteiger partial charge in [-0.2, -0.15) is 0 Å². The highest BCUT2D eigenvalue weighted by molar-refractivity contribution is 5.89. The van der Waals surface area contributed by atoms with Crippen LogP contribution in [0.1, 0.15) is 49.3 Å². The third-order valence-corrected chi connectivity index (χ3v) is 4.59. The summed E-state index contributed by atoms with van der Waals surface area (Å²) in [5.41, 5.74) is 3.52. The molecule has 0 N–H and O–H groups in total. The van der Waals surface area contributed by atoms with E-state index in [0.717, 1.165) is 31.4 Å². The Labute approximate surface area is 115 Å². The highest BCUT2D eigenvalue weighted by atomic mass is 16.5. The first-order chi connectivity index (χ1) is 9.17. The number of benzene rings is 1. The molecular formula is C17H22O2. The second-order valence-electron chi connectivity index (χ2n) is 6.09. The fourth-order valence-electron chi connectivity index (χ4n) is 3.26. The lowest BCUT2D eigenvalue weighted by Gasteiger charge is -2.32. The van der Waals surface area contributed by atoms with Gasteiger partial charge in [0.15, 0.2) is 5.78 Å². The molecule has 0 saturated carbocycles. The number of Topliss-reactive ketones (excluding diaryl/α,β-unsaturated/α-hetero) is 1. The van der Waals surface area contributed by atoms with E-state index in [1.54, 1.807) is 0 Å². The number of fused-ring (bicyclic) bond motifs is 1. The predicted molar refractivity (Wildman–Crippen MR) is 75.4 cm³/mol. The number of carbonyl (C=O) groups is 1. The molecular weight excluding hydrogens is 236 g/mol. The zero-order chi connectivity index (χ0) is 13.3. The van der Waals surface area contributed by atoms with Gasteiger partial charge in [0.05, 0.1) is 0 Å². The number of ketones is 1.